The Bertz CT molecular complexity index is 1060. The number of carboxylic acids is 1. The average molecular weight is 543 g/mol. The summed E-state index contributed by atoms with van der Waals surface area (Å²) in [5.74, 6) is 0.599. The van der Waals surface area contributed by atoms with Gasteiger partial charge in [-0.05, 0) is 119 Å². The van der Waals surface area contributed by atoms with Crippen LogP contribution < -0.4 is 5.32 Å². The number of aliphatic carboxylic acids is 1. The van der Waals surface area contributed by atoms with E-state index in [1.54, 1.807) is 6.92 Å². The van der Waals surface area contributed by atoms with Gasteiger partial charge in [-0.15, -0.1) is 0 Å². The van der Waals surface area contributed by atoms with Crippen molar-refractivity contribution in [1.82, 2.24) is 5.32 Å². The van der Waals surface area contributed by atoms with Crippen LogP contribution in [0.4, 0.5) is 0 Å². The maximum absolute atomic E-state index is 12.5. The number of nitrogens with one attached hydrogen (secondary N) is 1. The van der Waals surface area contributed by atoms with Gasteiger partial charge in [-0.1, -0.05) is 24.6 Å². The number of rotatable bonds is 7. The van der Waals surface area contributed by atoms with Crippen molar-refractivity contribution in [2.24, 2.45) is 45.6 Å². The van der Waals surface area contributed by atoms with Crippen LogP contribution in [0.1, 0.15) is 97.8 Å². The molecular weight excluding hydrogens is 496 g/mol. The summed E-state index contributed by atoms with van der Waals surface area (Å²) in [4.78, 5) is 41.3. The zero-order valence-electron chi connectivity index (χ0n) is 23.8. The fraction of sp³-hybridized carbons (Fsp3) is 0.806. The summed E-state index contributed by atoms with van der Waals surface area (Å²) in [7, 11) is 0. The molecule has 0 aromatic carbocycles. The molecule has 6 atom stereocenters. The topological polar surface area (TPSA) is 125 Å². The molecule has 5 aliphatic rings. The van der Waals surface area contributed by atoms with Gasteiger partial charge in [0.05, 0.1) is 11.6 Å². The molecule has 5 aliphatic carbocycles. The van der Waals surface area contributed by atoms with Gasteiger partial charge in [0.2, 0.25) is 0 Å². The summed E-state index contributed by atoms with van der Waals surface area (Å²) < 4.78 is 0. The summed E-state index contributed by atoms with van der Waals surface area (Å²) in [6.07, 6.45) is 12.6. The smallest absolute Gasteiger partial charge is 0.306 e. The molecule has 0 radical (unpaired) electrons. The van der Waals surface area contributed by atoms with Gasteiger partial charge in [-0.2, -0.15) is 0 Å². The lowest BCUT2D eigenvalue weighted by Gasteiger charge is -2.59. The Balaban J connectivity index is 1.14. The summed E-state index contributed by atoms with van der Waals surface area (Å²) in [6, 6.07) is 0. The number of carbonyl (C=O) groups excluding carboxylic acids is 2. The maximum atomic E-state index is 12.5. The highest BCUT2D eigenvalue weighted by Gasteiger charge is 2.65. The Morgan fingerprint density at radius 2 is 1.72 bits per heavy atom. The van der Waals surface area contributed by atoms with Gasteiger partial charge in [0.1, 0.15) is 5.60 Å². The van der Waals surface area contributed by atoms with Crippen LogP contribution in [0.3, 0.4) is 0 Å². The molecule has 39 heavy (non-hydrogen) atoms. The largest absolute Gasteiger partial charge is 0.481 e. The third kappa shape index (κ3) is 4.95. The first kappa shape index (κ1) is 28.3. The van der Waals surface area contributed by atoms with Crippen LogP contribution >= 0.6 is 0 Å². The van der Waals surface area contributed by atoms with Crippen molar-refractivity contribution in [3.05, 3.63) is 11.6 Å². The molecule has 8 nitrogen and oxygen atoms in total. The molecule has 5 rings (SSSR count). The van der Waals surface area contributed by atoms with E-state index in [4.69, 9.17) is 9.94 Å². The van der Waals surface area contributed by atoms with E-state index in [1.165, 1.54) is 5.57 Å². The highest BCUT2D eigenvalue weighted by atomic mass is 16.6. The number of nitrogens with zero attached hydrogens (tertiary/aromatic N) is 1. The van der Waals surface area contributed by atoms with Crippen molar-refractivity contribution in [2.45, 2.75) is 103 Å². The fourth-order valence-corrected chi connectivity index (χ4v) is 9.33. The van der Waals surface area contributed by atoms with E-state index in [9.17, 15) is 19.5 Å². The van der Waals surface area contributed by atoms with E-state index in [2.05, 4.69) is 30.4 Å². The normalized spacial score (nSPS) is 42.5. The van der Waals surface area contributed by atoms with E-state index in [1.807, 2.05) is 0 Å². The van der Waals surface area contributed by atoms with Crippen LogP contribution in [0.5, 0.6) is 0 Å². The van der Waals surface area contributed by atoms with Crippen LogP contribution in [-0.4, -0.2) is 52.3 Å². The van der Waals surface area contributed by atoms with Crippen molar-refractivity contribution >= 4 is 23.4 Å². The molecule has 0 heterocycles. The summed E-state index contributed by atoms with van der Waals surface area (Å²) in [6.45, 7) is 6.57. The van der Waals surface area contributed by atoms with Gasteiger partial charge in [-0.25, -0.2) is 0 Å². The SMILES string of the molecule is CC(=O)[C@@]1(O)CC[C@H]2[C@H]3CCC4=C/C(=N\OCC(=O)NCC5CCC(C(=O)O)CC5)CC[C@]4(C)[C@H]3CC[C@@]21C. The highest BCUT2D eigenvalue weighted by Crippen LogP contribution is 2.67. The minimum absolute atomic E-state index is 0.0661. The quantitative estimate of drug-likeness (QED) is 0.402. The molecule has 0 spiro atoms. The van der Waals surface area contributed by atoms with Crippen LogP contribution in [0.15, 0.2) is 16.8 Å². The van der Waals surface area contributed by atoms with Gasteiger partial charge in [0.25, 0.3) is 5.91 Å². The summed E-state index contributed by atoms with van der Waals surface area (Å²) in [5, 5.41) is 27.7. The molecule has 4 saturated carbocycles. The lowest BCUT2D eigenvalue weighted by molar-refractivity contribution is -0.159. The Morgan fingerprint density at radius 1 is 1.00 bits per heavy atom. The second kappa shape index (κ2) is 10.6. The van der Waals surface area contributed by atoms with Gasteiger partial charge in [-0.3, -0.25) is 14.4 Å². The molecule has 0 saturated heterocycles. The number of allylic oxidation sites excluding steroid dienone is 2. The Morgan fingerprint density at radius 3 is 2.41 bits per heavy atom. The number of fused-ring (bicyclic) bond motifs is 5. The van der Waals surface area contributed by atoms with Crippen molar-refractivity contribution < 1.29 is 29.4 Å². The summed E-state index contributed by atoms with van der Waals surface area (Å²) in [5.41, 5.74) is 0.952. The third-order valence-electron chi connectivity index (χ3n) is 11.9. The van der Waals surface area contributed by atoms with Gasteiger partial charge < -0.3 is 20.4 Å². The molecule has 3 N–H and O–H groups in total. The van der Waals surface area contributed by atoms with E-state index in [0.717, 1.165) is 63.5 Å². The number of carbonyl (C=O) groups is 3. The highest BCUT2D eigenvalue weighted by molar-refractivity contribution is 5.96. The van der Waals surface area contributed by atoms with Crippen molar-refractivity contribution in [3.63, 3.8) is 0 Å². The predicted octanol–water partition coefficient (Wildman–Crippen LogP) is 4.65. The molecule has 0 aromatic rings. The van der Waals surface area contributed by atoms with Crippen LogP contribution in [-0.2, 0) is 19.2 Å². The summed E-state index contributed by atoms with van der Waals surface area (Å²) >= 11 is 0. The van der Waals surface area contributed by atoms with E-state index >= 15 is 0 Å². The number of hydrogen-bond donors (Lipinski definition) is 3. The monoisotopic (exact) mass is 542 g/mol. The first-order valence-corrected chi connectivity index (χ1v) is 15.1. The fourth-order valence-electron chi connectivity index (χ4n) is 9.33. The standard InChI is InChI=1S/C31H46N2O6/c1-19(34)31(38)15-12-26-24-9-8-22-16-23(10-13-29(22,2)25(24)11-14-30(26,31)3)33-39-18-27(35)32-17-20-4-6-21(7-5-20)28(36)37/h16,20-21,24-26,38H,4-15,17-18H2,1-3H3,(H,32,35)(H,36,37)/b33-23-/t20?,21?,24-,25-,26-,29-,30-,31-/m0/s1. The molecule has 1 amide bonds. The first-order chi connectivity index (χ1) is 18.5. The van der Waals surface area contributed by atoms with Crippen LogP contribution in [0, 0.1) is 40.4 Å². The number of Topliss-reactive ketones (excluding diaryl/α,β-unsaturated/α-hetero) is 1. The van der Waals surface area contributed by atoms with Gasteiger partial charge in [0.15, 0.2) is 12.4 Å². The minimum atomic E-state index is -1.17. The average Bonchev–Trinajstić information content (AvgIpc) is 3.19. The second-order valence-electron chi connectivity index (χ2n) is 13.6. The van der Waals surface area contributed by atoms with Crippen LogP contribution in [0.2, 0.25) is 0 Å². The Labute approximate surface area is 232 Å². The molecule has 0 bridgehead atoms. The number of oxime groups is 1. The van der Waals surface area contributed by atoms with Gasteiger partial charge in [0, 0.05) is 12.0 Å². The molecule has 0 aliphatic heterocycles. The molecule has 0 aromatic heterocycles. The Hall–Kier alpha value is -2.22. The number of aliphatic hydroxyl groups is 1. The molecular formula is C31H46N2O6. The van der Waals surface area contributed by atoms with Crippen LogP contribution in [0.25, 0.3) is 0 Å². The number of ketones is 1. The molecule has 216 valence electrons. The number of amides is 1. The first-order valence-electron chi connectivity index (χ1n) is 15.1. The van der Waals surface area contributed by atoms with Crippen molar-refractivity contribution in [3.8, 4) is 0 Å². The molecule has 0 unspecified atom stereocenters. The zero-order chi connectivity index (χ0) is 28.0. The van der Waals surface area contributed by atoms with Gasteiger partial charge >= 0.3 is 5.97 Å². The molecule has 4 fully saturated rings. The lowest BCUT2D eigenvalue weighted by atomic mass is 9.46. The molecule has 8 heteroatoms. The maximum Gasteiger partial charge on any atom is 0.306 e. The number of hydrogen-bond acceptors (Lipinski definition) is 6. The van der Waals surface area contributed by atoms with E-state index in [0.29, 0.717) is 49.5 Å². The predicted molar refractivity (Wildman–Crippen MR) is 147 cm³/mol. The minimum Gasteiger partial charge on any atom is -0.481 e. The zero-order valence-corrected chi connectivity index (χ0v) is 23.8. The van der Waals surface area contributed by atoms with E-state index < -0.39 is 11.6 Å². The second-order valence-corrected chi connectivity index (χ2v) is 13.6. The van der Waals surface area contributed by atoms with Crippen molar-refractivity contribution in [1.29, 1.82) is 0 Å². The Kier molecular flexibility index (Phi) is 7.72. The van der Waals surface area contributed by atoms with E-state index in [-0.39, 0.29) is 35.0 Å². The third-order valence-corrected chi connectivity index (χ3v) is 11.9. The van der Waals surface area contributed by atoms with Crippen molar-refractivity contribution in [2.75, 3.05) is 13.2 Å². The lowest BCUT2D eigenvalue weighted by Crippen LogP contribution is -2.57. The number of carboxylic acid groups (broad SMARTS) is 1.